The van der Waals surface area contributed by atoms with E-state index in [9.17, 15) is 38.7 Å². The fraction of sp³-hybridized carbons (Fsp3) is 0.425. The zero-order chi connectivity index (χ0) is 40.9. The number of allylic oxidation sites excluding steroid dienone is 2. The summed E-state index contributed by atoms with van der Waals surface area (Å²) >= 11 is 3.65. The zero-order valence-corrected chi connectivity index (χ0v) is 34.3. The molecule has 0 fully saturated rings. The van der Waals surface area contributed by atoms with E-state index in [0.717, 1.165) is 35.0 Å². The normalized spacial score (nSPS) is 18.2. The number of para-hydroxylation sites is 1. The van der Waals surface area contributed by atoms with Crippen LogP contribution >= 0.6 is 15.9 Å². The molecule has 16 heteroatoms. The molecule has 0 bridgehead atoms. The summed E-state index contributed by atoms with van der Waals surface area (Å²) in [6.07, 6.45) is 3.33. The first-order valence-corrected chi connectivity index (χ1v) is 20.7. The van der Waals surface area contributed by atoms with Gasteiger partial charge in [0.2, 0.25) is 0 Å². The maximum atomic E-state index is 14.3. The van der Waals surface area contributed by atoms with E-state index in [2.05, 4.69) is 28.9 Å². The van der Waals surface area contributed by atoms with E-state index < -0.39 is 48.0 Å². The van der Waals surface area contributed by atoms with Crippen LogP contribution in [0.2, 0.25) is 0 Å². The van der Waals surface area contributed by atoms with Crippen LogP contribution in [-0.4, -0.2) is 42.9 Å². The molecule has 2 aliphatic rings. The van der Waals surface area contributed by atoms with Gasteiger partial charge in [0, 0.05) is 47.5 Å². The number of nitriles is 1. The monoisotopic (exact) mass is 849 g/mol. The third kappa shape index (κ3) is 8.79. The Kier molecular flexibility index (Phi) is 13.3. The zero-order valence-electron chi connectivity index (χ0n) is 31.9. The van der Waals surface area contributed by atoms with Crippen LogP contribution < -0.4 is 13.8 Å². The average Bonchev–Trinajstić information content (AvgIpc) is 3.14. The van der Waals surface area contributed by atoms with Gasteiger partial charge in [0.25, 0.3) is 21.4 Å². The first-order chi connectivity index (χ1) is 26.6. The predicted octanol–water partition coefficient (Wildman–Crippen LogP) is 9.22. The molecule has 0 spiro atoms. The van der Waals surface area contributed by atoms with Crippen molar-refractivity contribution in [1.29, 1.82) is 5.26 Å². The van der Waals surface area contributed by atoms with Gasteiger partial charge < -0.3 is 9.47 Å². The highest BCUT2D eigenvalue weighted by Crippen LogP contribution is 2.48. The van der Waals surface area contributed by atoms with E-state index in [0.29, 0.717) is 63.7 Å². The van der Waals surface area contributed by atoms with Gasteiger partial charge in [0.05, 0.1) is 44.7 Å². The molecule has 1 aliphatic heterocycles. The molecule has 296 valence electrons. The van der Waals surface area contributed by atoms with Crippen LogP contribution in [0.4, 0.5) is 17.1 Å². The van der Waals surface area contributed by atoms with Crippen molar-refractivity contribution in [3.8, 4) is 17.6 Å². The number of ether oxygens (including phenoxy) is 2. The van der Waals surface area contributed by atoms with Gasteiger partial charge in [0.1, 0.15) is 6.61 Å². The van der Waals surface area contributed by atoms with Gasteiger partial charge in [-0.3, -0.25) is 34.3 Å². The molecule has 0 amide bonds. The molecule has 3 aromatic rings. The van der Waals surface area contributed by atoms with Gasteiger partial charge in [-0.25, -0.2) is 8.42 Å². The number of nitrogens with zero attached hydrogens (tertiary/aromatic N) is 5. The minimum atomic E-state index is -4.64. The summed E-state index contributed by atoms with van der Waals surface area (Å²) in [6.45, 7) is 9.59. The molecule has 3 atom stereocenters. The van der Waals surface area contributed by atoms with Gasteiger partial charge in [-0.15, -0.1) is 0 Å². The van der Waals surface area contributed by atoms with Crippen molar-refractivity contribution in [2.75, 3.05) is 17.5 Å². The molecule has 5 rings (SSSR count). The van der Waals surface area contributed by atoms with Crippen molar-refractivity contribution < 1.29 is 32.5 Å². The summed E-state index contributed by atoms with van der Waals surface area (Å²) < 4.78 is 42.7. The van der Waals surface area contributed by atoms with Crippen LogP contribution in [0.1, 0.15) is 83.8 Å². The maximum absolute atomic E-state index is 14.3. The minimum Gasteiger partial charge on any atom is -0.490 e. The number of anilines is 1. The number of carbonyl (C=O) groups is 1. The summed E-state index contributed by atoms with van der Waals surface area (Å²) in [6, 6.07) is 15.0. The van der Waals surface area contributed by atoms with Crippen molar-refractivity contribution in [3.63, 3.8) is 0 Å². The largest absolute Gasteiger partial charge is 0.490 e. The molecule has 56 heavy (non-hydrogen) atoms. The third-order valence-electron chi connectivity index (χ3n) is 9.96. The molecule has 14 nitrogen and oxygen atoms in total. The number of halogens is 1. The number of non-ortho nitro benzene ring substituents is 1. The number of ketones is 1. The van der Waals surface area contributed by atoms with Crippen LogP contribution in [0.3, 0.4) is 0 Å². The van der Waals surface area contributed by atoms with Gasteiger partial charge in [-0.1, -0.05) is 45.4 Å². The first-order valence-electron chi connectivity index (χ1n) is 18.5. The van der Waals surface area contributed by atoms with Crippen molar-refractivity contribution >= 4 is 54.5 Å². The SMILES string of the molecule is CCCC1CC(=O)C2=C(C1)N=C(C)C(C#N)C2c1cc(Br)c(OCc2ccccc2N(CCC(C)C)S(=O)(=O)c2ccc([N+](=O)[O-])cc2[N+](=O)[O-])c(OCC)c1. The number of hydrogen-bond acceptors (Lipinski definition) is 11. The molecule has 3 aromatic carbocycles. The van der Waals surface area contributed by atoms with Crippen molar-refractivity contribution in [2.24, 2.45) is 22.7 Å². The number of benzene rings is 3. The molecule has 1 heterocycles. The minimum absolute atomic E-state index is 0.00625. The van der Waals surface area contributed by atoms with Crippen LogP contribution in [-0.2, 0) is 21.4 Å². The van der Waals surface area contributed by atoms with Gasteiger partial charge >= 0.3 is 0 Å². The van der Waals surface area contributed by atoms with E-state index in [1.165, 1.54) is 0 Å². The second kappa shape index (κ2) is 17.8. The summed E-state index contributed by atoms with van der Waals surface area (Å²) in [5.41, 5.74) is 1.72. The van der Waals surface area contributed by atoms with Crippen molar-refractivity contribution in [3.05, 3.63) is 102 Å². The Morgan fingerprint density at radius 1 is 1.05 bits per heavy atom. The second-order valence-corrected chi connectivity index (χ2v) is 17.0. The molecule has 0 saturated heterocycles. The van der Waals surface area contributed by atoms with Crippen molar-refractivity contribution in [1.82, 2.24) is 0 Å². The maximum Gasteiger partial charge on any atom is 0.296 e. The Bertz CT molecular complexity index is 2250. The highest BCUT2D eigenvalue weighted by atomic mass is 79.9. The molecular formula is C40H44BrN5O9S. The van der Waals surface area contributed by atoms with E-state index in [1.807, 2.05) is 27.7 Å². The van der Waals surface area contributed by atoms with E-state index >= 15 is 0 Å². The number of hydrogen-bond donors (Lipinski definition) is 0. The number of rotatable bonds is 16. The lowest BCUT2D eigenvalue weighted by Gasteiger charge is -2.35. The van der Waals surface area contributed by atoms with Crippen LogP contribution in [0.25, 0.3) is 0 Å². The second-order valence-electron chi connectivity index (χ2n) is 14.3. The van der Waals surface area contributed by atoms with Crippen LogP contribution in [0.15, 0.2) is 80.2 Å². The predicted molar refractivity (Wildman–Crippen MR) is 214 cm³/mol. The fourth-order valence-electron chi connectivity index (χ4n) is 7.32. The van der Waals surface area contributed by atoms with Crippen LogP contribution in [0.5, 0.6) is 11.5 Å². The third-order valence-corrected chi connectivity index (χ3v) is 12.4. The lowest BCUT2D eigenvalue weighted by atomic mass is 9.70. The van der Waals surface area contributed by atoms with Crippen LogP contribution in [0, 0.1) is 49.3 Å². The fourth-order valence-corrected chi connectivity index (χ4v) is 9.55. The van der Waals surface area contributed by atoms with Gasteiger partial charge in [-0.2, -0.15) is 5.26 Å². The Labute approximate surface area is 334 Å². The Balaban J connectivity index is 1.54. The first kappa shape index (κ1) is 42.0. The Morgan fingerprint density at radius 2 is 1.79 bits per heavy atom. The number of nitro benzene ring substituents is 2. The molecule has 0 radical (unpaired) electrons. The molecule has 0 N–H and O–H groups in total. The van der Waals surface area contributed by atoms with E-state index in [1.54, 1.807) is 36.4 Å². The number of carbonyl (C=O) groups excluding carboxylic acids is 1. The number of sulfonamides is 1. The molecule has 0 saturated carbocycles. The Morgan fingerprint density at radius 3 is 2.43 bits per heavy atom. The summed E-state index contributed by atoms with van der Waals surface area (Å²) in [5.74, 6) is -0.359. The quantitative estimate of drug-likeness (QED) is 0.0990. The van der Waals surface area contributed by atoms with E-state index in [-0.39, 0.29) is 43.1 Å². The highest BCUT2D eigenvalue weighted by molar-refractivity contribution is 9.10. The number of nitro groups is 2. The lowest BCUT2D eigenvalue weighted by molar-refractivity contribution is -0.396. The molecular weight excluding hydrogens is 806 g/mol. The lowest BCUT2D eigenvalue weighted by Crippen LogP contribution is -2.34. The summed E-state index contributed by atoms with van der Waals surface area (Å²) in [7, 11) is -4.64. The molecule has 0 aromatic heterocycles. The number of aliphatic imine (C=N–C) groups is 1. The van der Waals surface area contributed by atoms with Gasteiger partial charge in [-0.05, 0) is 90.7 Å². The van der Waals surface area contributed by atoms with E-state index in [4.69, 9.17) is 14.5 Å². The summed E-state index contributed by atoms with van der Waals surface area (Å²) in [5, 5.41) is 33.7. The smallest absolute Gasteiger partial charge is 0.296 e. The Hall–Kier alpha value is -5.14. The summed E-state index contributed by atoms with van der Waals surface area (Å²) in [4.78, 5) is 39.4. The molecule has 3 unspecified atom stereocenters. The average molecular weight is 851 g/mol. The van der Waals surface area contributed by atoms with Crippen molar-refractivity contribution in [2.45, 2.75) is 84.1 Å². The topological polar surface area (TPSA) is 195 Å². The number of Topliss-reactive ketones (excluding diaryl/α,β-unsaturated/α-hetero) is 1. The highest BCUT2D eigenvalue weighted by Gasteiger charge is 2.42. The molecule has 1 aliphatic carbocycles. The van der Waals surface area contributed by atoms with Gasteiger partial charge in [0.15, 0.2) is 22.2 Å². The standard InChI is InChI=1S/C40H44BrN5O9S/c1-6-10-26-17-32-39(35(47)18-26)38(30(22-42)25(5)43-32)28-19-31(41)40(36(20-28)54-7-2)55-23-27-11-8-9-12-33(27)44(16-15-24(3)4)56(52,53)37-14-13-29(45(48)49)21-34(37)46(50)51/h8-9,11-14,19-21,24,26,30,38H,6-7,10,15-18,23H2,1-5H3.